The zero-order valence-electron chi connectivity index (χ0n) is 12.7. The van der Waals surface area contributed by atoms with Gasteiger partial charge in [-0.05, 0) is 44.0 Å². The maximum absolute atomic E-state index is 12.1. The molecule has 0 atom stereocenters. The van der Waals surface area contributed by atoms with Gasteiger partial charge in [-0.15, -0.1) is 0 Å². The Morgan fingerprint density at radius 3 is 2.71 bits per heavy atom. The first-order chi connectivity index (χ1) is 11.6. The van der Waals surface area contributed by atoms with E-state index in [9.17, 15) is 4.79 Å². The average molecular weight is 457 g/mol. The highest BCUT2D eigenvalue weighted by Crippen LogP contribution is 2.30. The van der Waals surface area contributed by atoms with E-state index in [2.05, 4.69) is 47.3 Å². The number of hydrazone groups is 1. The summed E-state index contributed by atoms with van der Waals surface area (Å²) in [5, 5.41) is 3.96. The minimum Gasteiger partial charge on any atom is -0.438 e. The molecule has 2 aromatic rings. The van der Waals surface area contributed by atoms with Crippen molar-refractivity contribution in [3.05, 3.63) is 50.6 Å². The van der Waals surface area contributed by atoms with Crippen molar-refractivity contribution in [3.8, 4) is 0 Å². The highest BCUT2D eigenvalue weighted by atomic mass is 79.9. The van der Waals surface area contributed by atoms with Crippen LogP contribution < -0.4 is 10.3 Å². The van der Waals surface area contributed by atoms with Crippen molar-refractivity contribution in [2.75, 3.05) is 31.2 Å². The van der Waals surface area contributed by atoms with Gasteiger partial charge in [-0.3, -0.25) is 4.79 Å². The summed E-state index contributed by atoms with van der Waals surface area (Å²) in [6, 6.07) is 8.98. The molecular formula is C16H15Br2N3O3. The molecule has 0 bridgehead atoms. The number of benzene rings is 1. The molecule has 126 valence electrons. The number of hydrogen-bond donors (Lipinski definition) is 1. The van der Waals surface area contributed by atoms with Crippen molar-refractivity contribution in [2.24, 2.45) is 5.10 Å². The number of rotatable bonds is 4. The predicted molar refractivity (Wildman–Crippen MR) is 98.6 cm³/mol. The number of halogens is 2. The number of morpholine rings is 1. The van der Waals surface area contributed by atoms with Crippen LogP contribution in [0.15, 0.2) is 48.8 Å². The smallest absolute Gasteiger partial charge is 0.272 e. The van der Waals surface area contributed by atoms with E-state index in [4.69, 9.17) is 9.15 Å². The number of ether oxygens (including phenoxy) is 1. The van der Waals surface area contributed by atoms with Crippen LogP contribution in [-0.2, 0) is 4.74 Å². The molecule has 1 aromatic carbocycles. The van der Waals surface area contributed by atoms with Gasteiger partial charge in [-0.2, -0.15) is 5.10 Å². The Hall–Kier alpha value is -1.64. The number of nitrogens with zero attached hydrogens (tertiary/aromatic N) is 2. The predicted octanol–water partition coefficient (Wildman–Crippen LogP) is 3.41. The Morgan fingerprint density at radius 2 is 1.96 bits per heavy atom. The molecule has 1 N–H and O–H groups in total. The molecule has 6 nitrogen and oxygen atoms in total. The van der Waals surface area contributed by atoms with E-state index < -0.39 is 0 Å². The third-order valence-corrected chi connectivity index (χ3v) is 4.72. The molecule has 1 aliphatic heterocycles. The molecule has 1 fully saturated rings. The summed E-state index contributed by atoms with van der Waals surface area (Å²) in [5.74, 6) is 1.01. The Labute approximate surface area is 156 Å². The van der Waals surface area contributed by atoms with E-state index in [0.717, 1.165) is 23.4 Å². The second kappa shape index (κ2) is 7.96. The van der Waals surface area contributed by atoms with Gasteiger partial charge in [-0.1, -0.05) is 12.1 Å². The van der Waals surface area contributed by atoms with Crippen molar-refractivity contribution >= 4 is 49.9 Å². The highest BCUT2D eigenvalue weighted by molar-refractivity contribution is 9.11. The summed E-state index contributed by atoms with van der Waals surface area (Å²) in [5.41, 5.74) is 3.01. The SMILES string of the molecule is O=C(N/N=C\c1cc(Br)c(N2CCOCC2)o1)c1ccccc1Br. The molecule has 1 aliphatic rings. The number of carbonyl (C=O) groups excluding carboxylic acids is 1. The van der Waals surface area contributed by atoms with Crippen LogP contribution in [-0.4, -0.2) is 38.4 Å². The molecule has 8 heteroatoms. The maximum Gasteiger partial charge on any atom is 0.272 e. The largest absolute Gasteiger partial charge is 0.438 e. The lowest BCUT2D eigenvalue weighted by atomic mass is 10.2. The van der Waals surface area contributed by atoms with E-state index in [1.807, 2.05) is 12.1 Å². The molecule has 1 saturated heterocycles. The molecule has 1 aromatic heterocycles. The van der Waals surface area contributed by atoms with Crippen LogP contribution in [0.2, 0.25) is 0 Å². The van der Waals surface area contributed by atoms with Gasteiger partial charge in [0.05, 0.1) is 29.5 Å². The number of carbonyl (C=O) groups is 1. The second-order valence-corrected chi connectivity index (χ2v) is 6.79. The van der Waals surface area contributed by atoms with Gasteiger partial charge >= 0.3 is 0 Å². The highest BCUT2D eigenvalue weighted by Gasteiger charge is 2.18. The Morgan fingerprint density at radius 1 is 1.21 bits per heavy atom. The van der Waals surface area contributed by atoms with Crippen LogP contribution in [0.4, 0.5) is 5.88 Å². The number of hydrogen-bond acceptors (Lipinski definition) is 5. The van der Waals surface area contributed by atoms with Crippen molar-refractivity contribution in [1.29, 1.82) is 0 Å². The fourth-order valence-corrected chi connectivity index (χ4v) is 3.30. The van der Waals surface area contributed by atoms with E-state index >= 15 is 0 Å². The molecular weight excluding hydrogens is 442 g/mol. The van der Waals surface area contributed by atoms with Gasteiger partial charge in [0.15, 0.2) is 5.76 Å². The zero-order chi connectivity index (χ0) is 16.9. The second-order valence-electron chi connectivity index (χ2n) is 5.08. The van der Waals surface area contributed by atoms with Crippen molar-refractivity contribution < 1.29 is 13.9 Å². The molecule has 0 aliphatic carbocycles. The summed E-state index contributed by atoms with van der Waals surface area (Å²) >= 11 is 6.83. The third kappa shape index (κ3) is 4.06. The lowest BCUT2D eigenvalue weighted by Gasteiger charge is -2.26. The van der Waals surface area contributed by atoms with Crippen molar-refractivity contribution in [1.82, 2.24) is 5.43 Å². The lowest BCUT2D eigenvalue weighted by Crippen LogP contribution is -2.36. The molecule has 0 spiro atoms. The topological polar surface area (TPSA) is 67.1 Å². The van der Waals surface area contributed by atoms with E-state index in [0.29, 0.717) is 29.0 Å². The molecule has 2 heterocycles. The van der Waals surface area contributed by atoms with E-state index in [1.54, 1.807) is 18.2 Å². The van der Waals surface area contributed by atoms with Crippen LogP contribution in [0.25, 0.3) is 0 Å². The molecule has 0 radical (unpaired) electrons. The van der Waals surface area contributed by atoms with Crippen LogP contribution in [0.1, 0.15) is 16.1 Å². The monoisotopic (exact) mass is 455 g/mol. The molecule has 0 unspecified atom stereocenters. The fourth-order valence-electron chi connectivity index (χ4n) is 2.28. The molecule has 24 heavy (non-hydrogen) atoms. The van der Waals surface area contributed by atoms with Gasteiger partial charge in [0.2, 0.25) is 5.88 Å². The van der Waals surface area contributed by atoms with Crippen LogP contribution >= 0.6 is 31.9 Å². The zero-order valence-corrected chi connectivity index (χ0v) is 15.8. The summed E-state index contributed by atoms with van der Waals surface area (Å²) in [7, 11) is 0. The summed E-state index contributed by atoms with van der Waals surface area (Å²) in [6.45, 7) is 2.92. The van der Waals surface area contributed by atoms with Crippen LogP contribution in [0, 0.1) is 0 Å². The Balaban J connectivity index is 1.65. The van der Waals surface area contributed by atoms with Crippen LogP contribution in [0.5, 0.6) is 0 Å². The van der Waals surface area contributed by atoms with Gasteiger partial charge in [0, 0.05) is 23.6 Å². The summed E-state index contributed by atoms with van der Waals surface area (Å²) in [6.07, 6.45) is 1.48. The van der Waals surface area contributed by atoms with E-state index in [-0.39, 0.29) is 5.91 Å². The number of amides is 1. The number of anilines is 1. The number of furan rings is 1. The average Bonchev–Trinajstić information content (AvgIpc) is 2.96. The molecule has 0 saturated carbocycles. The lowest BCUT2D eigenvalue weighted by molar-refractivity contribution is 0.0954. The van der Waals surface area contributed by atoms with E-state index in [1.165, 1.54) is 6.21 Å². The first-order valence-electron chi connectivity index (χ1n) is 7.35. The number of nitrogens with one attached hydrogen (secondary N) is 1. The van der Waals surface area contributed by atoms with Crippen molar-refractivity contribution in [2.45, 2.75) is 0 Å². The minimum atomic E-state index is -0.294. The first kappa shape index (κ1) is 17.2. The molecule has 3 rings (SSSR count). The van der Waals surface area contributed by atoms with Gasteiger partial charge in [-0.25, -0.2) is 5.43 Å². The van der Waals surface area contributed by atoms with Crippen molar-refractivity contribution in [3.63, 3.8) is 0 Å². The normalized spacial score (nSPS) is 15.0. The quantitative estimate of drug-likeness (QED) is 0.565. The third-order valence-electron chi connectivity index (χ3n) is 3.46. The maximum atomic E-state index is 12.1. The Bertz CT molecular complexity index is 755. The van der Waals surface area contributed by atoms with Gasteiger partial charge in [0.1, 0.15) is 0 Å². The van der Waals surface area contributed by atoms with Gasteiger partial charge < -0.3 is 14.1 Å². The molecule has 1 amide bonds. The Kier molecular flexibility index (Phi) is 5.70. The summed E-state index contributed by atoms with van der Waals surface area (Å²) in [4.78, 5) is 14.2. The minimum absolute atomic E-state index is 0.294. The summed E-state index contributed by atoms with van der Waals surface area (Å²) < 4.78 is 12.7. The fraction of sp³-hybridized carbons (Fsp3) is 0.250. The standard InChI is InChI=1S/C16H15Br2N3O3/c17-13-4-2-1-3-12(13)15(22)20-19-10-11-9-14(18)16(24-11)21-5-7-23-8-6-21/h1-4,9-10H,5-8H2,(H,20,22)/b19-10-. The van der Waals surface area contributed by atoms with Gasteiger partial charge in [0.25, 0.3) is 5.91 Å². The van der Waals surface area contributed by atoms with Crippen LogP contribution in [0.3, 0.4) is 0 Å². The first-order valence-corrected chi connectivity index (χ1v) is 8.93.